The van der Waals surface area contributed by atoms with Gasteiger partial charge < -0.3 is 9.47 Å². The Balaban J connectivity index is 2.37. The maximum atomic E-state index is 11.5. The maximum absolute atomic E-state index is 11.5. The first-order chi connectivity index (χ1) is 8.13. The highest BCUT2D eigenvalue weighted by Gasteiger charge is 2.21. The molecule has 0 aliphatic carbocycles. The molecule has 1 aliphatic heterocycles. The van der Waals surface area contributed by atoms with Crippen molar-refractivity contribution in [2.24, 2.45) is 0 Å². The first kappa shape index (κ1) is 12.2. The second-order valence-electron chi connectivity index (χ2n) is 4.19. The topological polar surface area (TPSA) is 35.5 Å². The molecular formula is C13H15ClO3. The standard InChI is InChI=1S/C13H15ClO3/c1-8(13(15)16-2)10-6-9-4-3-5-17-12(9)11(14)7-10/h6-8H,3-5H2,1-2H3. The van der Waals surface area contributed by atoms with E-state index in [0.717, 1.165) is 29.7 Å². The molecule has 17 heavy (non-hydrogen) atoms. The summed E-state index contributed by atoms with van der Waals surface area (Å²) in [6.07, 6.45) is 1.93. The van der Waals surface area contributed by atoms with Gasteiger partial charge in [0.25, 0.3) is 0 Å². The molecule has 2 rings (SSSR count). The Kier molecular flexibility index (Phi) is 3.57. The maximum Gasteiger partial charge on any atom is 0.312 e. The van der Waals surface area contributed by atoms with Gasteiger partial charge in [0.05, 0.1) is 24.7 Å². The van der Waals surface area contributed by atoms with Gasteiger partial charge >= 0.3 is 5.97 Å². The number of aryl methyl sites for hydroxylation is 1. The van der Waals surface area contributed by atoms with Gasteiger partial charge in [0.1, 0.15) is 5.75 Å². The Morgan fingerprint density at radius 2 is 2.29 bits per heavy atom. The summed E-state index contributed by atoms with van der Waals surface area (Å²) in [5.41, 5.74) is 1.96. The van der Waals surface area contributed by atoms with E-state index in [4.69, 9.17) is 21.1 Å². The third-order valence-electron chi connectivity index (χ3n) is 3.03. The summed E-state index contributed by atoms with van der Waals surface area (Å²) in [5.74, 6) is 0.209. The Bertz CT molecular complexity index is 443. The largest absolute Gasteiger partial charge is 0.492 e. The van der Waals surface area contributed by atoms with Crippen molar-refractivity contribution in [3.8, 4) is 5.75 Å². The number of methoxy groups -OCH3 is 1. The zero-order valence-corrected chi connectivity index (χ0v) is 10.7. The zero-order valence-electron chi connectivity index (χ0n) is 9.96. The van der Waals surface area contributed by atoms with Gasteiger partial charge in [-0.25, -0.2) is 0 Å². The van der Waals surface area contributed by atoms with Crippen molar-refractivity contribution in [1.29, 1.82) is 0 Å². The van der Waals surface area contributed by atoms with E-state index in [1.54, 1.807) is 6.07 Å². The fourth-order valence-electron chi connectivity index (χ4n) is 2.02. The van der Waals surface area contributed by atoms with Crippen LogP contribution < -0.4 is 4.74 Å². The first-order valence-corrected chi connectivity index (χ1v) is 6.04. The molecule has 0 amide bonds. The van der Waals surface area contributed by atoms with E-state index in [0.29, 0.717) is 11.6 Å². The Labute approximate surface area is 106 Å². The average Bonchev–Trinajstić information content (AvgIpc) is 2.37. The fourth-order valence-corrected chi connectivity index (χ4v) is 2.32. The highest BCUT2D eigenvalue weighted by Crippen LogP contribution is 2.36. The minimum atomic E-state index is -0.301. The smallest absolute Gasteiger partial charge is 0.312 e. The molecule has 1 unspecified atom stereocenters. The van der Waals surface area contributed by atoms with Crippen molar-refractivity contribution in [2.75, 3.05) is 13.7 Å². The van der Waals surface area contributed by atoms with Crippen LogP contribution in [0.15, 0.2) is 12.1 Å². The second-order valence-corrected chi connectivity index (χ2v) is 4.60. The van der Waals surface area contributed by atoms with Crippen LogP contribution in [0.3, 0.4) is 0 Å². The predicted molar refractivity (Wildman–Crippen MR) is 65.7 cm³/mol. The molecule has 0 fully saturated rings. The van der Waals surface area contributed by atoms with Gasteiger partial charge in [-0.2, -0.15) is 0 Å². The lowest BCUT2D eigenvalue weighted by Gasteiger charge is -2.20. The third-order valence-corrected chi connectivity index (χ3v) is 3.32. The van der Waals surface area contributed by atoms with Gasteiger partial charge in [-0.05, 0) is 37.0 Å². The molecule has 1 aliphatic rings. The molecule has 3 nitrogen and oxygen atoms in total. The SMILES string of the molecule is COC(=O)C(C)c1cc(Cl)c2c(c1)CCCO2. The number of carbonyl (C=O) groups is 1. The molecular weight excluding hydrogens is 240 g/mol. The van der Waals surface area contributed by atoms with Crippen molar-refractivity contribution in [3.05, 3.63) is 28.3 Å². The van der Waals surface area contributed by atoms with Crippen LogP contribution in [-0.4, -0.2) is 19.7 Å². The number of carbonyl (C=O) groups excluding carboxylic acids is 1. The number of benzene rings is 1. The van der Waals surface area contributed by atoms with Crippen LogP contribution >= 0.6 is 11.6 Å². The lowest BCUT2D eigenvalue weighted by Crippen LogP contribution is -2.13. The molecule has 0 N–H and O–H groups in total. The number of fused-ring (bicyclic) bond motifs is 1. The molecule has 0 spiro atoms. The van der Waals surface area contributed by atoms with Crippen LogP contribution in [0.25, 0.3) is 0 Å². The zero-order chi connectivity index (χ0) is 12.4. The second kappa shape index (κ2) is 4.96. The quantitative estimate of drug-likeness (QED) is 0.762. The monoisotopic (exact) mass is 254 g/mol. The summed E-state index contributed by atoms with van der Waals surface area (Å²) in [5, 5.41) is 0.577. The van der Waals surface area contributed by atoms with Gasteiger partial charge in [-0.15, -0.1) is 0 Å². The number of halogens is 1. The van der Waals surface area contributed by atoms with Gasteiger partial charge in [0.2, 0.25) is 0 Å². The van der Waals surface area contributed by atoms with E-state index >= 15 is 0 Å². The fraction of sp³-hybridized carbons (Fsp3) is 0.462. The van der Waals surface area contributed by atoms with E-state index in [9.17, 15) is 4.79 Å². The molecule has 0 saturated heterocycles. The molecule has 0 saturated carbocycles. The van der Waals surface area contributed by atoms with E-state index in [2.05, 4.69) is 0 Å². The number of hydrogen-bond donors (Lipinski definition) is 0. The van der Waals surface area contributed by atoms with Crippen LogP contribution in [0.5, 0.6) is 5.75 Å². The molecule has 92 valence electrons. The number of hydrogen-bond acceptors (Lipinski definition) is 3. The van der Waals surface area contributed by atoms with Crippen LogP contribution in [0.4, 0.5) is 0 Å². The summed E-state index contributed by atoms with van der Waals surface area (Å²) in [6.45, 7) is 2.52. The summed E-state index contributed by atoms with van der Waals surface area (Å²) in [4.78, 5) is 11.5. The molecule has 1 aromatic carbocycles. The third kappa shape index (κ3) is 2.39. The molecule has 1 aromatic rings. The number of rotatable bonds is 2. The molecule has 0 radical (unpaired) electrons. The van der Waals surface area contributed by atoms with Gasteiger partial charge in [-0.1, -0.05) is 17.7 Å². The van der Waals surface area contributed by atoms with Crippen LogP contribution in [0.2, 0.25) is 5.02 Å². The van der Waals surface area contributed by atoms with Gasteiger partial charge in [-0.3, -0.25) is 4.79 Å². The normalized spacial score (nSPS) is 15.7. The summed E-state index contributed by atoms with van der Waals surface area (Å²) < 4.78 is 10.3. The van der Waals surface area contributed by atoms with Crippen LogP contribution in [-0.2, 0) is 16.0 Å². The van der Waals surface area contributed by atoms with E-state index < -0.39 is 0 Å². The van der Waals surface area contributed by atoms with Crippen molar-refractivity contribution >= 4 is 17.6 Å². The van der Waals surface area contributed by atoms with Crippen molar-refractivity contribution < 1.29 is 14.3 Å². The van der Waals surface area contributed by atoms with Crippen molar-refractivity contribution in [2.45, 2.75) is 25.7 Å². The lowest BCUT2D eigenvalue weighted by molar-refractivity contribution is -0.141. The highest BCUT2D eigenvalue weighted by molar-refractivity contribution is 6.32. The van der Waals surface area contributed by atoms with Crippen molar-refractivity contribution in [1.82, 2.24) is 0 Å². The summed E-state index contributed by atoms with van der Waals surface area (Å²) >= 11 is 6.16. The molecule has 1 atom stereocenters. The van der Waals surface area contributed by atoms with E-state index in [-0.39, 0.29) is 11.9 Å². The van der Waals surface area contributed by atoms with Crippen molar-refractivity contribution in [3.63, 3.8) is 0 Å². The average molecular weight is 255 g/mol. The Hall–Kier alpha value is -1.22. The van der Waals surface area contributed by atoms with Crippen LogP contribution in [0, 0.1) is 0 Å². The van der Waals surface area contributed by atoms with Gasteiger partial charge in [0.15, 0.2) is 0 Å². The predicted octanol–water partition coefficient (Wildman–Crippen LogP) is 2.94. The number of ether oxygens (including phenoxy) is 2. The molecule has 1 heterocycles. The highest BCUT2D eigenvalue weighted by atomic mass is 35.5. The number of esters is 1. The first-order valence-electron chi connectivity index (χ1n) is 5.66. The van der Waals surface area contributed by atoms with E-state index in [1.165, 1.54) is 7.11 Å². The van der Waals surface area contributed by atoms with Gasteiger partial charge in [0, 0.05) is 0 Å². The minimum Gasteiger partial charge on any atom is -0.492 e. The Morgan fingerprint density at radius 3 is 3.00 bits per heavy atom. The molecule has 4 heteroatoms. The molecule has 0 bridgehead atoms. The lowest BCUT2D eigenvalue weighted by atomic mass is 9.96. The summed E-state index contributed by atoms with van der Waals surface area (Å²) in [6, 6.07) is 3.77. The van der Waals surface area contributed by atoms with Crippen LogP contribution in [0.1, 0.15) is 30.4 Å². The minimum absolute atomic E-state index is 0.252. The van der Waals surface area contributed by atoms with E-state index in [1.807, 2.05) is 13.0 Å². The Morgan fingerprint density at radius 1 is 1.53 bits per heavy atom. The summed E-state index contributed by atoms with van der Waals surface area (Å²) in [7, 11) is 1.39. The molecule has 0 aromatic heterocycles.